The Labute approximate surface area is 69.1 Å². The Kier molecular flexibility index (Phi) is 5.77. The standard InChI is InChI=1S/C8H13O2P/c1-7(8(9)10-2)5-4-6-11-3/h5-6H,4H2,1-3H3. The third kappa shape index (κ3) is 4.74. The number of rotatable bonds is 3. The van der Waals surface area contributed by atoms with Crippen LogP contribution in [0.3, 0.4) is 0 Å². The maximum atomic E-state index is 10.8. The Morgan fingerprint density at radius 3 is 2.73 bits per heavy atom. The van der Waals surface area contributed by atoms with Crippen LogP contribution < -0.4 is 0 Å². The molecule has 0 radical (unpaired) electrons. The molecular formula is C8H13O2P. The lowest BCUT2D eigenvalue weighted by atomic mass is 10.2. The first kappa shape index (κ1) is 10.4. The Morgan fingerprint density at radius 2 is 2.27 bits per heavy atom. The fourth-order valence-corrected chi connectivity index (χ4v) is 0.895. The van der Waals surface area contributed by atoms with Crippen molar-refractivity contribution in [3.63, 3.8) is 0 Å². The van der Waals surface area contributed by atoms with Gasteiger partial charge >= 0.3 is 5.97 Å². The van der Waals surface area contributed by atoms with Crippen molar-refractivity contribution in [1.29, 1.82) is 0 Å². The van der Waals surface area contributed by atoms with Crippen LogP contribution in [0.1, 0.15) is 13.3 Å². The van der Waals surface area contributed by atoms with Crippen molar-refractivity contribution in [3.8, 4) is 0 Å². The van der Waals surface area contributed by atoms with Gasteiger partial charge in [0.25, 0.3) is 0 Å². The summed E-state index contributed by atoms with van der Waals surface area (Å²) >= 11 is 0. The lowest BCUT2D eigenvalue weighted by Crippen LogP contribution is -2.01. The molecule has 0 heterocycles. The molecule has 0 fully saturated rings. The van der Waals surface area contributed by atoms with Crippen molar-refractivity contribution < 1.29 is 9.53 Å². The number of hydrogen-bond donors (Lipinski definition) is 0. The van der Waals surface area contributed by atoms with Gasteiger partial charge in [-0.3, -0.25) is 0 Å². The maximum Gasteiger partial charge on any atom is 0.333 e. The van der Waals surface area contributed by atoms with Crippen molar-refractivity contribution in [3.05, 3.63) is 11.6 Å². The van der Waals surface area contributed by atoms with Gasteiger partial charge in [-0.1, -0.05) is 11.9 Å². The van der Waals surface area contributed by atoms with Crippen LogP contribution in [0.15, 0.2) is 11.6 Å². The molecule has 0 unspecified atom stereocenters. The van der Waals surface area contributed by atoms with Crippen molar-refractivity contribution >= 4 is 20.0 Å². The normalized spacial score (nSPS) is 12.1. The van der Waals surface area contributed by atoms with Gasteiger partial charge in [0.1, 0.15) is 0 Å². The minimum Gasteiger partial charge on any atom is -0.466 e. The molecular weight excluding hydrogens is 159 g/mol. The van der Waals surface area contributed by atoms with Gasteiger partial charge in [0.15, 0.2) is 0 Å². The molecule has 11 heavy (non-hydrogen) atoms. The van der Waals surface area contributed by atoms with Crippen LogP contribution in [0, 0.1) is 0 Å². The second-order valence-corrected chi connectivity index (χ2v) is 2.94. The Bertz CT molecular complexity index is 183. The predicted molar refractivity (Wildman–Crippen MR) is 49.3 cm³/mol. The van der Waals surface area contributed by atoms with E-state index in [1.807, 2.05) is 12.7 Å². The molecule has 0 aliphatic rings. The van der Waals surface area contributed by atoms with E-state index in [1.54, 1.807) is 6.92 Å². The molecule has 0 rings (SSSR count). The third-order valence-electron chi connectivity index (χ3n) is 1.22. The SMILES string of the molecule is COC(=O)C(C)=CCC=PC. The Hall–Kier alpha value is -0.620. The van der Waals surface area contributed by atoms with E-state index in [9.17, 15) is 4.79 Å². The summed E-state index contributed by atoms with van der Waals surface area (Å²) < 4.78 is 4.52. The Balaban J connectivity index is 3.90. The minimum atomic E-state index is -0.244. The zero-order chi connectivity index (χ0) is 8.69. The summed E-state index contributed by atoms with van der Waals surface area (Å²) in [5.74, 6) is 1.83. The van der Waals surface area contributed by atoms with Crippen LogP contribution in [0.2, 0.25) is 0 Å². The summed E-state index contributed by atoms with van der Waals surface area (Å²) in [6.45, 7) is 3.80. The number of carbonyl (C=O) groups excluding carboxylic acids is 1. The maximum absolute atomic E-state index is 10.8. The van der Waals surface area contributed by atoms with Gasteiger partial charge in [0.05, 0.1) is 7.11 Å². The smallest absolute Gasteiger partial charge is 0.333 e. The number of ether oxygens (including phenoxy) is 1. The van der Waals surface area contributed by atoms with E-state index in [0.717, 1.165) is 6.42 Å². The monoisotopic (exact) mass is 172 g/mol. The van der Waals surface area contributed by atoms with Crippen LogP contribution in [-0.2, 0) is 9.53 Å². The first-order valence-corrected chi connectivity index (χ1v) is 4.79. The fourth-order valence-electron chi connectivity index (χ4n) is 0.579. The van der Waals surface area contributed by atoms with Crippen LogP contribution in [-0.4, -0.2) is 25.5 Å². The quantitative estimate of drug-likeness (QED) is 0.369. The number of methoxy groups -OCH3 is 1. The van der Waals surface area contributed by atoms with Gasteiger partial charge in [-0.15, -0.1) is 8.20 Å². The molecule has 0 N–H and O–H groups in total. The average molecular weight is 172 g/mol. The fraction of sp³-hybridized carbons (Fsp3) is 0.500. The second kappa shape index (κ2) is 6.11. The van der Waals surface area contributed by atoms with E-state index in [-0.39, 0.29) is 5.97 Å². The van der Waals surface area contributed by atoms with Crippen LogP contribution in [0.25, 0.3) is 0 Å². The summed E-state index contributed by atoms with van der Waals surface area (Å²) in [5.41, 5.74) is 0.674. The molecule has 0 aromatic heterocycles. The highest BCUT2D eigenvalue weighted by Crippen LogP contribution is 1.97. The molecule has 2 nitrogen and oxygen atoms in total. The second-order valence-electron chi connectivity index (χ2n) is 2.06. The zero-order valence-electron chi connectivity index (χ0n) is 7.13. The molecule has 0 aromatic carbocycles. The first-order valence-electron chi connectivity index (χ1n) is 3.38. The molecule has 0 aliphatic heterocycles. The summed E-state index contributed by atoms with van der Waals surface area (Å²) in [5, 5.41) is 0. The summed E-state index contributed by atoms with van der Waals surface area (Å²) in [6.07, 6.45) is 2.70. The predicted octanol–water partition coefficient (Wildman–Crippen LogP) is 1.87. The Morgan fingerprint density at radius 1 is 1.64 bits per heavy atom. The lowest BCUT2D eigenvalue weighted by Gasteiger charge is -1.95. The van der Waals surface area contributed by atoms with Crippen LogP contribution in [0.4, 0.5) is 0 Å². The van der Waals surface area contributed by atoms with Crippen molar-refractivity contribution in [2.45, 2.75) is 13.3 Å². The third-order valence-corrected chi connectivity index (χ3v) is 1.80. The van der Waals surface area contributed by atoms with Crippen molar-refractivity contribution in [2.24, 2.45) is 0 Å². The van der Waals surface area contributed by atoms with Gasteiger partial charge in [-0.05, 0) is 20.0 Å². The van der Waals surface area contributed by atoms with E-state index < -0.39 is 0 Å². The van der Waals surface area contributed by atoms with Crippen LogP contribution >= 0.6 is 8.20 Å². The molecule has 3 heteroatoms. The highest BCUT2D eigenvalue weighted by atomic mass is 31.1. The molecule has 0 amide bonds. The van der Waals surface area contributed by atoms with E-state index >= 15 is 0 Å². The molecule has 0 aromatic rings. The lowest BCUT2D eigenvalue weighted by molar-refractivity contribution is -0.136. The van der Waals surface area contributed by atoms with Gasteiger partial charge in [0, 0.05) is 5.57 Å². The van der Waals surface area contributed by atoms with Gasteiger partial charge in [-0.2, -0.15) is 0 Å². The van der Waals surface area contributed by atoms with Gasteiger partial charge in [0.2, 0.25) is 0 Å². The summed E-state index contributed by atoms with van der Waals surface area (Å²) in [6, 6.07) is 0. The van der Waals surface area contributed by atoms with E-state index in [0.29, 0.717) is 5.57 Å². The van der Waals surface area contributed by atoms with Crippen molar-refractivity contribution in [2.75, 3.05) is 13.8 Å². The number of hydrogen-bond acceptors (Lipinski definition) is 2. The molecule has 62 valence electrons. The van der Waals surface area contributed by atoms with Crippen LogP contribution in [0.5, 0.6) is 0 Å². The first-order chi connectivity index (χ1) is 5.22. The zero-order valence-corrected chi connectivity index (χ0v) is 8.02. The van der Waals surface area contributed by atoms with E-state index in [4.69, 9.17) is 0 Å². The summed E-state index contributed by atoms with van der Waals surface area (Å²) in [7, 11) is 2.63. The average Bonchev–Trinajstić information content (AvgIpc) is 2.03. The molecule has 0 atom stereocenters. The van der Waals surface area contributed by atoms with Gasteiger partial charge in [-0.25, -0.2) is 4.79 Å². The minimum absolute atomic E-state index is 0.244. The highest BCUT2D eigenvalue weighted by Gasteiger charge is 1.99. The topological polar surface area (TPSA) is 26.3 Å². The highest BCUT2D eigenvalue weighted by molar-refractivity contribution is 7.37. The van der Waals surface area contributed by atoms with Gasteiger partial charge < -0.3 is 4.74 Å². The van der Waals surface area contributed by atoms with E-state index in [2.05, 4.69) is 10.5 Å². The molecule has 0 aliphatic carbocycles. The van der Waals surface area contributed by atoms with E-state index in [1.165, 1.54) is 15.3 Å². The molecule has 0 bridgehead atoms. The molecule has 0 saturated heterocycles. The van der Waals surface area contributed by atoms with Crippen molar-refractivity contribution in [1.82, 2.24) is 0 Å². The summed E-state index contributed by atoms with van der Waals surface area (Å²) in [4.78, 5) is 10.8. The molecule has 0 saturated carbocycles. The number of esters is 1. The number of carbonyl (C=O) groups is 1. The number of allylic oxidation sites excluding steroid dienone is 1. The largest absolute Gasteiger partial charge is 0.466 e. The molecule has 0 spiro atoms.